The highest BCUT2D eigenvalue weighted by atomic mass is 32.2. The van der Waals surface area contributed by atoms with E-state index in [-0.39, 0.29) is 22.0 Å². The summed E-state index contributed by atoms with van der Waals surface area (Å²) >= 11 is 1.19. The van der Waals surface area contributed by atoms with Gasteiger partial charge in [-0.3, -0.25) is 0 Å². The summed E-state index contributed by atoms with van der Waals surface area (Å²) in [6.07, 6.45) is 1.73. The van der Waals surface area contributed by atoms with Crippen LogP contribution in [0.25, 0.3) is 5.65 Å². The number of benzene rings is 1. The van der Waals surface area contributed by atoms with Crippen molar-refractivity contribution in [3.63, 3.8) is 0 Å². The van der Waals surface area contributed by atoms with Crippen molar-refractivity contribution in [3.05, 3.63) is 47.5 Å². The first-order valence-electron chi connectivity index (χ1n) is 7.31. The average molecular weight is 381 g/mol. The third-order valence-electron chi connectivity index (χ3n) is 3.58. The highest BCUT2D eigenvalue weighted by Gasteiger charge is 2.29. The number of aryl methyl sites for hydroxylation is 1. The summed E-state index contributed by atoms with van der Waals surface area (Å²) in [6.45, 7) is 2.03. The van der Waals surface area contributed by atoms with E-state index in [1.54, 1.807) is 26.4 Å². The van der Waals surface area contributed by atoms with Crippen molar-refractivity contribution in [1.82, 2.24) is 14.6 Å². The Kier molecular flexibility index (Phi) is 4.81. The van der Waals surface area contributed by atoms with Gasteiger partial charge in [-0.25, -0.2) is 22.3 Å². The highest BCUT2D eigenvalue weighted by molar-refractivity contribution is 7.99. The molecule has 6 nitrogen and oxygen atoms in total. The van der Waals surface area contributed by atoms with E-state index in [0.717, 1.165) is 6.07 Å². The van der Waals surface area contributed by atoms with E-state index >= 15 is 0 Å². The quantitative estimate of drug-likeness (QED) is 0.633. The maximum atomic E-state index is 13.5. The number of methoxy groups -OCH3 is 1. The summed E-state index contributed by atoms with van der Waals surface area (Å²) in [6, 6.07) is 6.70. The zero-order valence-electron chi connectivity index (χ0n) is 13.9. The largest absolute Gasteiger partial charge is 0.378 e. The van der Waals surface area contributed by atoms with E-state index in [0.29, 0.717) is 16.4 Å². The number of nitrogens with zero attached hydrogens (tertiary/aromatic N) is 3. The Morgan fingerprint density at radius 2 is 2.08 bits per heavy atom. The summed E-state index contributed by atoms with van der Waals surface area (Å²) in [5.41, 5.74) is 1.53. The number of hydrogen-bond donors (Lipinski definition) is 0. The van der Waals surface area contributed by atoms with Gasteiger partial charge in [0, 0.05) is 12.8 Å². The standard InChI is InChI=1S/C16H16FN3O3S2/c1-10-7-12(9-23-2)20-15(18-10)14(16(19-20)24-3)25(21,22)13-6-4-5-11(17)8-13/h4-8H,9H2,1-3H3. The highest BCUT2D eigenvalue weighted by Crippen LogP contribution is 2.33. The van der Waals surface area contributed by atoms with Gasteiger partial charge in [-0.2, -0.15) is 5.10 Å². The first-order chi connectivity index (χ1) is 11.9. The molecule has 0 aliphatic carbocycles. The minimum atomic E-state index is -3.98. The lowest BCUT2D eigenvalue weighted by Gasteiger charge is -2.07. The van der Waals surface area contributed by atoms with Crippen molar-refractivity contribution in [3.8, 4) is 0 Å². The van der Waals surface area contributed by atoms with Gasteiger partial charge in [0.2, 0.25) is 9.84 Å². The van der Waals surface area contributed by atoms with Crippen LogP contribution in [0.5, 0.6) is 0 Å². The molecule has 0 N–H and O–H groups in total. The van der Waals surface area contributed by atoms with Crippen molar-refractivity contribution >= 4 is 27.2 Å². The number of sulfone groups is 1. The molecule has 0 saturated heterocycles. The lowest BCUT2D eigenvalue weighted by Crippen LogP contribution is -2.06. The maximum Gasteiger partial charge on any atom is 0.213 e. The Morgan fingerprint density at radius 1 is 1.32 bits per heavy atom. The van der Waals surface area contributed by atoms with Gasteiger partial charge in [0.25, 0.3) is 0 Å². The molecule has 0 amide bonds. The monoisotopic (exact) mass is 381 g/mol. The van der Waals surface area contributed by atoms with Crippen LogP contribution in [0.3, 0.4) is 0 Å². The lowest BCUT2D eigenvalue weighted by molar-refractivity contribution is 0.179. The molecule has 0 atom stereocenters. The molecule has 0 radical (unpaired) electrons. The van der Waals surface area contributed by atoms with E-state index in [2.05, 4.69) is 10.1 Å². The van der Waals surface area contributed by atoms with Gasteiger partial charge in [-0.05, 0) is 37.4 Å². The third-order valence-corrected chi connectivity index (χ3v) is 6.17. The second kappa shape index (κ2) is 6.74. The molecule has 0 unspecified atom stereocenters. The predicted octanol–water partition coefficient (Wildman–Crippen LogP) is 2.88. The zero-order chi connectivity index (χ0) is 18.2. The molecule has 0 aliphatic heterocycles. The molecule has 2 heterocycles. The number of thioether (sulfide) groups is 1. The zero-order valence-corrected chi connectivity index (χ0v) is 15.5. The molecule has 25 heavy (non-hydrogen) atoms. The predicted molar refractivity (Wildman–Crippen MR) is 92.1 cm³/mol. The van der Waals surface area contributed by atoms with Gasteiger partial charge in [0.15, 0.2) is 10.5 Å². The van der Waals surface area contributed by atoms with Crippen LogP contribution in [0.2, 0.25) is 0 Å². The first-order valence-corrected chi connectivity index (χ1v) is 10.0. The van der Waals surface area contributed by atoms with E-state index in [4.69, 9.17) is 4.74 Å². The van der Waals surface area contributed by atoms with Crippen molar-refractivity contribution in [1.29, 1.82) is 0 Å². The van der Waals surface area contributed by atoms with Crippen LogP contribution in [0, 0.1) is 12.7 Å². The Hall–Kier alpha value is -1.97. The van der Waals surface area contributed by atoms with Crippen LogP contribution >= 0.6 is 11.8 Å². The lowest BCUT2D eigenvalue weighted by atomic mass is 10.3. The maximum absolute atomic E-state index is 13.5. The van der Waals surface area contributed by atoms with E-state index in [1.807, 2.05) is 0 Å². The summed E-state index contributed by atoms with van der Waals surface area (Å²) in [7, 11) is -2.44. The molecule has 0 aliphatic rings. The molecule has 1 aromatic carbocycles. The molecular formula is C16H16FN3O3S2. The van der Waals surface area contributed by atoms with Gasteiger partial charge in [-0.15, -0.1) is 11.8 Å². The number of fused-ring (bicyclic) bond motifs is 1. The number of hydrogen-bond acceptors (Lipinski definition) is 6. The Labute approximate surface area is 149 Å². The van der Waals surface area contributed by atoms with Crippen molar-refractivity contribution in [2.24, 2.45) is 0 Å². The Bertz CT molecular complexity index is 1050. The fourth-order valence-electron chi connectivity index (χ4n) is 2.55. The molecule has 3 rings (SSSR count). The minimum absolute atomic E-state index is 0.0216. The molecule has 0 spiro atoms. The smallest absolute Gasteiger partial charge is 0.213 e. The minimum Gasteiger partial charge on any atom is -0.378 e. The fourth-order valence-corrected chi connectivity index (χ4v) is 4.97. The van der Waals surface area contributed by atoms with Crippen molar-refractivity contribution < 1.29 is 17.5 Å². The molecule has 0 bridgehead atoms. The number of aromatic nitrogens is 3. The average Bonchev–Trinajstić information content (AvgIpc) is 2.94. The van der Waals surface area contributed by atoms with Crippen LogP contribution in [0.4, 0.5) is 4.39 Å². The Balaban J connectivity index is 2.35. The summed E-state index contributed by atoms with van der Waals surface area (Å²) in [5, 5.41) is 4.67. The number of rotatable bonds is 5. The van der Waals surface area contributed by atoms with Gasteiger partial charge < -0.3 is 4.74 Å². The summed E-state index contributed by atoms with van der Waals surface area (Å²) < 4.78 is 46.4. The van der Waals surface area contributed by atoms with Crippen molar-refractivity contribution in [2.45, 2.75) is 28.3 Å². The summed E-state index contributed by atoms with van der Waals surface area (Å²) in [4.78, 5) is 4.21. The van der Waals surface area contributed by atoms with E-state index in [1.165, 1.54) is 34.5 Å². The molecule has 9 heteroatoms. The second-order valence-electron chi connectivity index (χ2n) is 5.36. The van der Waals surface area contributed by atoms with Gasteiger partial charge in [0.05, 0.1) is 17.2 Å². The van der Waals surface area contributed by atoms with E-state index in [9.17, 15) is 12.8 Å². The third kappa shape index (κ3) is 3.14. The molecule has 2 aromatic heterocycles. The van der Waals surface area contributed by atoms with Crippen LogP contribution in [-0.4, -0.2) is 36.4 Å². The normalized spacial score (nSPS) is 12.0. The first kappa shape index (κ1) is 17.8. The number of halogens is 1. The Morgan fingerprint density at radius 3 is 2.72 bits per heavy atom. The second-order valence-corrected chi connectivity index (χ2v) is 8.04. The number of ether oxygens (including phenoxy) is 1. The molecule has 0 saturated carbocycles. The molecule has 132 valence electrons. The molecular weight excluding hydrogens is 365 g/mol. The van der Waals surface area contributed by atoms with Gasteiger partial charge in [-0.1, -0.05) is 6.07 Å². The van der Waals surface area contributed by atoms with Crippen LogP contribution < -0.4 is 0 Å². The SMILES string of the molecule is COCc1cc(C)nc2c(S(=O)(=O)c3cccc(F)c3)c(SC)nn12. The topological polar surface area (TPSA) is 73.6 Å². The van der Waals surface area contributed by atoms with Crippen molar-refractivity contribution in [2.75, 3.05) is 13.4 Å². The van der Waals surface area contributed by atoms with Crippen LogP contribution in [0.15, 0.2) is 45.1 Å². The summed E-state index contributed by atoms with van der Waals surface area (Å²) in [5.74, 6) is -0.618. The van der Waals surface area contributed by atoms with Crippen LogP contribution in [-0.2, 0) is 21.2 Å². The van der Waals surface area contributed by atoms with Gasteiger partial charge in [0.1, 0.15) is 10.8 Å². The van der Waals surface area contributed by atoms with Crippen LogP contribution in [0.1, 0.15) is 11.4 Å². The fraction of sp³-hybridized carbons (Fsp3) is 0.250. The van der Waals surface area contributed by atoms with E-state index < -0.39 is 15.7 Å². The van der Waals surface area contributed by atoms with Gasteiger partial charge >= 0.3 is 0 Å². The molecule has 0 fully saturated rings. The molecule has 3 aromatic rings.